The smallest absolute Gasteiger partial charge is 0.247 e. The molecule has 0 saturated carbocycles. The van der Waals surface area contributed by atoms with Gasteiger partial charge in [-0.2, -0.15) is 0 Å². The lowest BCUT2D eigenvalue weighted by atomic mass is 9.88. The molecule has 20 heavy (non-hydrogen) atoms. The lowest BCUT2D eigenvalue weighted by Gasteiger charge is -2.45. The molecular formula is C16H15BrN2O. The molecule has 0 radical (unpaired) electrons. The molecule has 0 unspecified atom stereocenters. The Morgan fingerprint density at radius 2 is 1.65 bits per heavy atom. The van der Waals surface area contributed by atoms with Crippen LogP contribution in [0, 0.1) is 6.92 Å². The highest BCUT2D eigenvalue weighted by molar-refractivity contribution is 9.10. The number of nitrogens with two attached hydrogens (primary N) is 1. The Labute approximate surface area is 126 Å². The first-order valence-corrected chi connectivity index (χ1v) is 7.28. The van der Waals surface area contributed by atoms with Crippen molar-refractivity contribution in [2.75, 3.05) is 4.90 Å². The van der Waals surface area contributed by atoms with Crippen LogP contribution < -0.4 is 10.6 Å². The van der Waals surface area contributed by atoms with Gasteiger partial charge in [-0.15, -0.1) is 0 Å². The number of benzene rings is 2. The predicted octanol–water partition coefficient (Wildman–Crippen LogP) is 3.17. The third-order valence-corrected chi connectivity index (χ3v) is 4.19. The van der Waals surface area contributed by atoms with Gasteiger partial charge in [0.05, 0.1) is 6.04 Å². The van der Waals surface area contributed by atoms with E-state index in [1.165, 1.54) is 5.56 Å². The molecule has 0 bridgehead atoms. The number of rotatable bonds is 2. The fourth-order valence-electron chi connectivity index (χ4n) is 2.52. The summed E-state index contributed by atoms with van der Waals surface area (Å²) in [6, 6.07) is 15.3. The zero-order valence-electron chi connectivity index (χ0n) is 11.1. The Kier molecular flexibility index (Phi) is 3.36. The minimum absolute atomic E-state index is 0.0297. The molecule has 0 aliphatic carbocycles. The molecule has 1 saturated heterocycles. The molecule has 3 rings (SSSR count). The van der Waals surface area contributed by atoms with Crippen LogP contribution in [0.5, 0.6) is 0 Å². The maximum Gasteiger partial charge on any atom is 0.247 e. The summed E-state index contributed by atoms with van der Waals surface area (Å²) in [5.41, 5.74) is 9.15. The molecule has 3 nitrogen and oxygen atoms in total. The second kappa shape index (κ2) is 5.04. The lowest BCUT2D eigenvalue weighted by Crippen LogP contribution is -2.63. The minimum atomic E-state index is -0.457. The van der Waals surface area contributed by atoms with Crippen molar-refractivity contribution < 1.29 is 4.79 Å². The van der Waals surface area contributed by atoms with Crippen molar-refractivity contribution in [3.63, 3.8) is 0 Å². The summed E-state index contributed by atoms with van der Waals surface area (Å²) in [6.07, 6.45) is 0. The van der Waals surface area contributed by atoms with Crippen molar-refractivity contribution in [3.05, 3.63) is 64.1 Å². The molecule has 1 fully saturated rings. The van der Waals surface area contributed by atoms with E-state index in [1.54, 1.807) is 4.90 Å². The Morgan fingerprint density at radius 1 is 1.05 bits per heavy atom. The topological polar surface area (TPSA) is 46.3 Å². The van der Waals surface area contributed by atoms with Gasteiger partial charge in [-0.25, -0.2) is 0 Å². The van der Waals surface area contributed by atoms with Crippen molar-refractivity contribution in [1.82, 2.24) is 0 Å². The van der Waals surface area contributed by atoms with Crippen molar-refractivity contribution >= 4 is 27.5 Å². The number of anilines is 1. The van der Waals surface area contributed by atoms with E-state index in [0.717, 1.165) is 15.7 Å². The summed E-state index contributed by atoms with van der Waals surface area (Å²) in [5.74, 6) is -0.0297. The van der Waals surface area contributed by atoms with E-state index in [2.05, 4.69) is 15.9 Å². The Balaban J connectivity index is 1.95. The van der Waals surface area contributed by atoms with Crippen LogP contribution in [0.4, 0.5) is 5.69 Å². The normalized spacial score (nSPS) is 21.8. The molecular weight excluding hydrogens is 316 g/mol. The first-order valence-electron chi connectivity index (χ1n) is 6.49. The van der Waals surface area contributed by atoms with Gasteiger partial charge in [0.25, 0.3) is 0 Å². The molecule has 2 aromatic rings. The Hall–Kier alpha value is -1.65. The molecule has 1 heterocycles. The molecule has 2 atom stereocenters. The van der Waals surface area contributed by atoms with E-state index in [1.807, 2.05) is 55.5 Å². The first kappa shape index (κ1) is 13.3. The minimum Gasteiger partial charge on any atom is -0.318 e. The summed E-state index contributed by atoms with van der Waals surface area (Å²) in [5, 5.41) is 0. The lowest BCUT2D eigenvalue weighted by molar-refractivity contribution is -0.126. The van der Waals surface area contributed by atoms with Gasteiger partial charge in [0, 0.05) is 10.2 Å². The second-order valence-corrected chi connectivity index (χ2v) is 5.98. The summed E-state index contributed by atoms with van der Waals surface area (Å²) in [7, 11) is 0. The van der Waals surface area contributed by atoms with E-state index in [9.17, 15) is 4.79 Å². The summed E-state index contributed by atoms with van der Waals surface area (Å²) in [6.45, 7) is 2.04. The molecule has 102 valence electrons. The van der Waals surface area contributed by atoms with Gasteiger partial charge >= 0.3 is 0 Å². The van der Waals surface area contributed by atoms with Crippen LogP contribution in [-0.2, 0) is 4.79 Å². The number of hydrogen-bond donors (Lipinski definition) is 1. The van der Waals surface area contributed by atoms with Crippen LogP contribution in [0.2, 0.25) is 0 Å². The molecule has 4 heteroatoms. The third kappa shape index (κ3) is 2.15. The van der Waals surface area contributed by atoms with Crippen LogP contribution in [-0.4, -0.2) is 11.9 Å². The number of carbonyl (C=O) groups is 1. The number of nitrogens with zero attached hydrogens (tertiary/aromatic N) is 1. The van der Waals surface area contributed by atoms with Crippen molar-refractivity contribution in [1.29, 1.82) is 0 Å². The van der Waals surface area contributed by atoms with Crippen LogP contribution in [0.3, 0.4) is 0 Å². The monoisotopic (exact) mass is 330 g/mol. The number of carbonyl (C=O) groups excluding carboxylic acids is 1. The number of halogens is 1. The fraction of sp³-hybridized carbons (Fsp3) is 0.188. The summed E-state index contributed by atoms with van der Waals surface area (Å²) >= 11 is 3.40. The standard InChI is InChI=1S/C16H15BrN2O/c1-10-2-4-11(5-3-10)15-14(18)16(20)19(15)13-8-6-12(17)7-9-13/h2-9,14-15H,18H2,1H3/t14-,15+/m1/s1. The molecule has 0 spiro atoms. The van der Waals surface area contributed by atoms with Crippen LogP contribution in [0.15, 0.2) is 53.0 Å². The van der Waals surface area contributed by atoms with Crippen molar-refractivity contribution in [2.45, 2.75) is 19.0 Å². The summed E-state index contributed by atoms with van der Waals surface area (Å²) < 4.78 is 0.991. The maximum absolute atomic E-state index is 12.1. The molecule has 2 N–H and O–H groups in total. The number of hydrogen-bond acceptors (Lipinski definition) is 2. The van der Waals surface area contributed by atoms with E-state index in [4.69, 9.17) is 5.73 Å². The highest BCUT2D eigenvalue weighted by Crippen LogP contribution is 2.38. The predicted molar refractivity (Wildman–Crippen MR) is 83.5 cm³/mol. The molecule has 1 aliphatic heterocycles. The number of amides is 1. The zero-order valence-corrected chi connectivity index (χ0v) is 12.7. The van der Waals surface area contributed by atoms with Crippen LogP contribution >= 0.6 is 15.9 Å². The first-order chi connectivity index (χ1) is 9.58. The number of aryl methyl sites for hydroxylation is 1. The quantitative estimate of drug-likeness (QED) is 0.859. The summed E-state index contributed by atoms with van der Waals surface area (Å²) in [4.78, 5) is 13.9. The van der Waals surface area contributed by atoms with E-state index in [-0.39, 0.29) is 11.9 Å². The van der Waals surface area contributed by atoms with Gasteiger partial charge in [-0.05, 0) is 36.8 Å². The van der Waals surface area contributed by atoms with Gasteiger partial charge < -0.3 is 10.6 Å². The van der Waals surface area contributed by atoms with Gasteiger partial charge in [-0.1, -0.05) is 45.8 Å². The zero-order chi connectivity index (χ0) is 14.3. The second-order valence-electron chi connectivity index (χ2n) is 5.07. The van der Waals surface area contributed by atoms with Gasteiger partial charge in [0.2, 0.25) is 5.91 Å². The van der Waals surface area contributed by atoms with E-state index >= 15 is 0 Å². The average Bonchev–Trinajstić information content (AvgIpc) is 2.46. The van der Waals surface area contributed by atoms with Gasteiger partial charge in [-0.3, -0.25) is 4.79 Å². The van der Waals surface area contributed by atoms with Gasteiger partial charge in [0.15, 0.2) is 0 Å². The largest absolute Gasteiger partial charge is 0.318 e. The average molecular weight is 331 g/mol. The molecule has 0 aromatic heterocycles. The molecule has 1 amide bonds. The highest BCUT2D eigenvalue weighted by Gasteiger charge is 2.46. The van der Waals surface area contributed by atoms with Crippen molar-refractivity contribution in [3.8, 4) is 0 Å². The highest BCUT2D eigenvalue weighted by atomic mass is 79.9. The Morgan fingerprint density at radius 3 is 2.25 bits per heavy atom. The number of β-lactam (4-membered cyclic amide) rings is 1. The van der Waals surface area contributed by atoms with Crippen LogP contribution in [0.1, 0.15) is 17.2 Å². The fourth-order valence-corrected chi connectivity index (χ4v) is 2.79. The van der Waals surface area contributed by atoms with Gasteiger partial charge in [0.1, 0.15) is 6.04 Å². The van der Waals surface area contributed by atoms with Crippen LogP contribution in [0.25, 0.3) is 0 Å². The third-order valence-electron chi connectivity index (χ3n) is 3.66. The maximum atomic E-state index is 12.1. The molecule has 2 aromatic carbocycles. The van der Waals surface area contributed by atoms with E-state index < -0.39 is 6.04 Å². The SMILES string of the molecule is Cc1ccc([C@H]2[C@@H](N)C(=O)N2c2ccc(Br)cc2)cc1. The van der Waals surface area contributed by atoms with E-state index in [0.29, 0.717) is 0 Å². The molecule has 1 aliphatic rings. The van der Waals surface area contributed by atoms with Crippen molar-refractivity contribution in [2.24, 2.45) is 5.73 Å². The Bertz CT molecular complexity index is 637.